The minimum Gasteiger partial charge on any atom is -0.479 e. The summed E-state index contributed by atoms with van der Waals surface area (Å²) in [6.07, 6.45) is -1.02. The molecular formula is C15H12Cl2N2O4S. The van der Waals surface area contributed by atoms with E-state index in [2.05, 4.69) is 10.3 Å². The van der Waals surface area contributed by atoms with Crippen LogP contribution in [0.25, 0.3) is 10.6 Å². The largest absolute Gasteiger partial charge is 0.479 e. The van der Waals surface area contributed by atoms with E-state index in [-0.39, 0.29) is 0 Å². The minimum atomic E-state index is -1.05. The van der Waals surface area contributed by atoms with Crippen molar-refractivity contribution < 1.29 is 19.4 Å². The van der Waals surface area contributed by atoms with Crippen LogP contribution in [0, 0.1) is 0 Å². The molecule has 0 spiro atoms. The average molecular weight is 387 g/mol. The Morgan fingerprint density at radius 3 is 2.67 bits per heavy atom. The number of thiazole rings is 1. The van der Waals surface area contributed by atoms with Crippen molar-refractivity contribution in [2.24, 2.45) is 0 Å². The second kappa shape index (κ2) is 7.06. The lowest BCUT2D eigenvalue weighted by atomic mass is 10.2. The molecule has 3 rings (SSSR count). The summed E-state index contributed by atoms with van der Waals surface area (Å²) >= 11 is 13.2. The SMILES string of the molecule is O=C(O)C1CCC(C(=O)Nc2csc(-c3ccc(Cl)c(Cl)c3)n2)O1. The molecule has 2 N–H and O–H groups in total. The smallest absolute Gasteiger partial charge is 0.332 e. The van der Waals surface area contributed by atoms with Gasteiger partial charge in [0.05, 0.1) is 10.0 Å². The van der Waals surface area contributed by atoms with Gasteiger partial charge in [0.25, 0.3) is 5.91 Å². The number of carbonyl (C=O) groups excluding carboxylic acids is 1. The highest BCUT2D eigenvalue weighted by Crippen LogP contribution is 2.31. The molecule has 1 aromatic carbocycles. The molecule has 0 aliphatic carbocycles. The number of hydrogen-bond donors (Lipinski definition) is 2. The Bertz CT molecular complexity index is 796. The Balaban J connectivity index is 1.67. The summed E-state index contributed by atoms with van der Waals surface area (Å²) < 4.78 is 5.21. The summed E-state index contributed by atoms with van der Waals surface area (Å²) in [6, 6.07) is 5.17. The number of aromatic nitrogens is 1. The highest BCUT2D eigenvalue weighted by molar-refractivity contribution is 7.13. The first-order valence-corrected chi connectivity index (χ1v) is 8.67. The molecule has 1 amide bonds. The number of benzene rings is 1. The first kappa shape index (κ1) is 17.2. The van der Waals surface area contributed by atoms with Crippen molar-refractivity contribution in [1.29, 1.82) is 0 Å². The summed E-state index contributed by atoms with van der Waals surface area (Å²) in [5.74, 6) is -1.07. The van der Waals surface area contributed by atoms with Crippen LogP contribution in [0.2, 0.25) is 10.0 Å². The number of carbonyl (C=O) groups is 2. The number of carboxylic acid groups (broad SMARTS) is 1. The molecule has 0 radical (unpaired) electrons. The predicted octanol–water partition coefficient (Wildman–Crippen LogP) is 3.69. The van der Waals surface area contributed by atoms with E-state index in [9.17, 15) is 9.59 Å². The summed E-state index contributed by atoms with van der Waals surface area (Å²) in [6.45, 7) is 0. The number of carboxylic acids is 1. The van der Waals surface area contributed by atoms with Crippen molar-refractivity contribution in [3.8, 4) is 10.6 Å². The van der Waals surface area contributed by atoms with E-state index in [1.807, 2.05) is 0 Å². The summed E-state index contributed by atoms with van der Waals surface area (Å²) in [5, 5.41) is 14.8. The van der Waals surface area contributed by atoms with Crippen LogP contribution in [0.4, 0.5) is 5.82 Å². The Labute approximate surface area is 151 Å². The van der Waals surface area contributed by atoms with Crippen LogP contribution in [0.3, 0.4) is 0 Å². The number of amides is 1. The van der Waals surface area contributed by atoms with E-state index in [1.54, 1.807) is 23.6 Å². The molecule has 1 fully saturated rings. The number of rotatable bonds is 4. The van der Waals surface area contributed by atoms with Crippen LogP contribution in [0.1, 0.15) is 12.8 Å². The number of nitrogens with one attached hydrogen (secondary N) is 1. The van der Waals surface area contributed by atoms with E-state index in [0.29, 0.717) is 33.7 Å². The molecule has 2 atom stereocenters. The van der Waals surface area contributed by atoms with Crippen molar-refractivity contribution in [1.82, 2.24) is 4.98 Å². The zero-order valence-electron chi connectivity index (χ0n) is 12.2. The van der Waals surface area contributed by atoms with Crippen LogP contribution < -0.4 is 5.32 Å². The Hall–Kier alpha value is -1.67. The first-order chi connectivity index (χ1) is 11.4. The van der Waals surface area contributed by atoms with E-state index in [1.165, 1.54) is 11.3 Å². The molecule has 2 heterocycles. The quantitative estimate of drug-likeness (QED) is 0.836. The van der Waals surface area contributed by atoms with Crippen molar-refractivity contribution in [3.63, 3.8) is 0 Å². The maximum atomic E-state index is 12.1. The maximum absolute atomic E-state index is 12.1. The molecule has 1 aliphatic rings. The van der Waals surface area contributed by atoms with Gasteiger partial charge in [-0.2, -0.15) is 0 Å². The molecule has 1 aliphatic heterocycles. The van der Waals surface area contributed by atoms with Gasteiger partial charge in [0, 0.05) is 10.9 Å². The number of halogens is 2. The van der Waals surface area contributed by atoms with E-state index in [0.717, 1.165) is 5.56 Å². The van der Waals surface area contributed by atoms with E-state index >= 15 is 0 Å². The van der Waals surface area contributed by atoms with Crippen LogP contribution in [-0.4, -0.2) is 34.2 Å². The van der Waals surface area contributed by atoms with Crippen molar-refractivity contribution in [3.05, 3.63) is 33.6 Å². The highest BCUT2D eigenvalue weighted by Gasteiger charge is 2.34. The van der Waals surface area contributed by atoms with Crippen LogP contribution in [0.5, 0.6) is 0 Å². The Kier molecular flexibility index (Phi) is 5.05. The lowest BCUT2D eigenvalue weighted by Crippen LogP contribution is -2.30. The van der Waals surface area contributed by atoms with Crippen molar-refractivity contribution >= 4 is 52.2 Å². The molecule has 9 heteroatoms. The fourth-order valence-corrected chi connectivity index (χ4v) is 3.36. The van der Waals surface area contributed by atoms with Gasteiger partial charge in [-0.05, 0) is 25.0 Å². The topological polar surface area (TPSA) is 88.5 Å². The second-order valence-corrected chi connectivity index (χ2v) is 6.86. The third-order valence-corrected chi connectivity index (χ3v) is 5.14. The van der Waals surface area contributed by atoms with Crippen molar-refractivity contribution in [2.45, 2.75) is 25.0 Å². The van der Waals surface area contributed by atoms with Crippen LogP contribution >= 0.6 is 34.5 Å². The Morgan fingerprint density at radius 2 is 2.00 bits per heavy atom. The fraction of sp³-hybridized carbons (Fsp3) is 0.267. The molecule has 6 nitrogen and oxygen atoms in total. The zero-order valence-corrected chi connectivity index (χ0v) is 14.5. The minimum absolute atomic E-state index is 0.318. The molecule has 0 saturated carbocycles. The van der Waals surface area contributed by atoms with Gasteiger partial charge in [-0.1, -0.05) is 29.3 Å². The van der Waals surface area contributed by atoms with Crippen molar-refractivity contribution in [2.75, 3.05) is 5.32 Å². The third-order valence-electron chi connectivity index (χ3n) is 3.51. The zero-order chi connectivity index (χ0) is 17.3. The van der Waals surface area contributed by atoms with Gasteiger partial charge >= 0.3 is 5.97 Å². The normalized spacial score (nSPS) is 20.1. The highest BCUT2D eigenvalue weighted by atomic mass is 35.5. The number of nitrogens with zero attached hydrogens (tertiary/aromatic N) is 1. The monoisotopic (exact) mass is 386 g/mol. The van der Waals surface area contributed by atoms with Gasteiger partial charge in [0.2, 0.25) is 0 Å². The molecule has 24 heavy (non-hydrogen) atoms. The molecular weight excluding hydrogens is 375 g/mol. The third kappa shape index (κ3) is 3.70. The van der Waals surface area contributed by atoms with Gasteiger partial charge in [-0.25, -0.2) is 9.78 Å². The molecule has 0 bridgehead atoms. The van der Waals surface area contributed by atoms with Gasteiger partial charge < -0.3 is 15.2 Å². The lowest BCUT2D eigenvalue weighted by molar-refractivity contribution is -0.150. The van der Waals surface area contributed by atoms with Gasteiger partial charge in [0.15, 0.2) is 6.10 Å². The van der Waals surface area contributed by atoms with Gasteiger partial charge in [-0.3, -0.25) is 4.79 Å². The number of hydrogen-bond acceptors (Lipinski definition) is 5. The molecule has 2 aromatic rings. The van der Waals surface area contributed by atoms with Gasteiger partial charge in [0.1, 0.15) is 16.9 Å². The molecule has 126 valence electrons. The number of anilines is 1. The standard InChI is InChI=1S/C15H12Cl2N2O4S/c16-8-2-1-7(5-9(8)17)14-19-12(6-24-14)18-13(20)10-3-4-11(23-10)15(21)22/h1-2,5-6,10-11H,3-4H2,(H,18,20)(H,21,22). The number of aliphatic carboxylic acids is 1. The maximum Gasteiger partial charge on any atom is 0.332 e. The van der Waals surface area contributed by atoms with E-state index < -0.39 is 24.1 Å². The van der Waals surface area contributed by atoms with Gasteiger partial charge in [-0.15, -0.1) is 11.3 Å². The summed E-state index contributed by atoms with van der Waals surface area (Å²) in [5.41, 5.74) is 0.790. The molecule has 1 aromatic heterocycles. The first-order valence-electron chi connectivity index (χ1n) is 7.04. The molecule has 1 saturated heterocycles. The fourth-order valence-electron chi connectivity index (χ4n) is 2.31. The van der Waals surface area contributed by atoms with Crippen LogP contribution in [0.15, 0.2) is 23.6 Å². The lowest BCUT2D eigenvalue weighted by Gasteiger charge is -2.10. The molecule has 2 unspecified atom stereocenters. The summed E-state index contributed by atoms with van der Waals surface area (Å²) in [7, 11) is 0. The average Bonchev–Trinajstić information content (AvgIpc) is 3.19. The second-order valence-electron chi connectivity index (χ2n) is 5.18. The Morgan fingerprint density at radius 1 is 1.25 bits per heavy atom. The summed E-state index contributed by atoms with van der Waals surface area (Å²) in [4.78, 5) is 27.3. The van der Waals surface area contributed by atoms with E-state index in [4.69, 9.17) is 33.0 Å². The number of ether oxygens (including phenoxy) is 1. The van der Waals surface area contributed by atoms with Crippen LogP contribution in [-0.2, 0) is 14.3 Å². The predicted molar refractivity (Wildman–Crippen MR) is 91.7 cm³/mol.